The maximum atomic E-state index is 13.0. The molecule has 2 aromatic rings. The van der Waals surface area contributed by atoms with E-state index in [9.17, 15) is 4.79 Å². The number of nitrogens with zero attached hydrogens (tertiary/aromatic N) is 1. The molecule has 4 heteroatoms. The molecule has 0 N–H and O–H groups in total. The SMILES string of the molecule is CC1(C)c2ccccc2C(C)(C)N1O[C@H]1C[C@@H]2CCCC[C@H]2C[C@@H]1OC(=O)c1ccccc1. The molecule has 0 radical (unpaired) electrons. The van der Waals surface area contributed by atoms with Crippen molar-refractivity contribution in [1.82, 2.24) is 5.06 Å². The van der Waals surface area contributed by atoms with Crippen molar-refractivity contribution in [3.8, 4) is 0 Å². The molecule has 0 spiro atoms. The Bertz CT molecular complexity index is 964. The summed E-state index contributed by atoms with van der Waals surface area (Å²) in [7, 11) is 0. The van der Waals surface area contributed by atoms with E-state index in [1.165, 1.54) is 36.8 Å². The van der Waals surface area contributed by atoms with E-state index in [0.29, 0.717) is 17.4 Å². The highest BCUT2D eigenvalue weighted by Gasteiger charge is 2.52. The van der Waals surface area contributed by atoms with Crippen LogP contribution in [-0.2, 0) is 20.7 Å². The summed E-state index contributed by atoms with van der Waals surface area (Å²) in [6.45, 7) is 8.94. The minimum Gasteiger partial charge on any atom is -0.456 e. The third kappa shape index (κ3) is 4.02. The first kappa shape index (κ1) is 22.6. The molecule has 1 aliphatic heterocycles. The van der Waals surface area contributed by atoms with E-state index in [2.05, 4.69) is 57.0 Å². The van der Waals surface area contributed by atoms with Gasteiger partial charge in [-0.3, -0.25) is 4.84 Å². The second-order valence-corrected chi connectivity index (χ2v) is 11.2. The summed E-state index contributed by atoms with van der Waals surface area (Å²) >= 11 is 0. The lowest BCUT2D eigenvalue weighted by Gasteiger charge is -2.47. The van der Waals surface area contributed by atoms with Crippen molar-refractivity contribution >= 4 is 5.97 Å². The van der Waals surface area contributed by atoms with Gasteiger partial charge < -0.3 is 4.74 Å². The fraction of sp³-hybridized carbons (Fsp3) is 0.552. The van der Waals surface area contributed by atoms with Crippen LogP contribution in [0, 0.1) is 11.8 Å². The van der Waals surface area contributed by atoms with Crippen LogP contribution in [0.5, 0.6) is 0 Å². The highest BCUT2D eigenvalue weighted by atomic mass is 16.7. The van der Waals surface area contributed by atoms with E-state index in [-0.39, 0.29) is 29.3 Å². The van der Waals surface area contributed by atoms with E-state index in [1.54, 1.807) is 0 Å². The molecule has 33 heavy (non-hydrogen) atoms. The number of hydrogen-bond donors (Lipinski definition) is 0. The van der Waals surface area contributed by atoms with E-state index in [0.717, 1.165) is 12.8 Å². The van der Waals surface area contributed by atoms with E-state index < -0.39 is 0 Å². The van der Waals surface area contributed by atoms with Gasteiger partial charge >= 0.3 is 5.97 Å². The number of hydroxylamine groups is 2. The van der Waals surface area contributed by atoms with Crippen molar-refractivity contribution in [3.63, 3.8) is 0 Å². The molecule has 176 valence electrons. The standard InChI is InChI=1S/C29H37NO3/c1-28(2)23-16-10-11-17-24(23)29(3,4)30(28)33-26-19-22-15-9-8-14-21(22)18-25(26)32-27(31)20-12-6-5-7-13-20/h5-7,10-13,16-17,21-22,25-26H,8-9,14-15,18-19H2,1-4H3/t21-,22-,25-,26-/m0/s1. The molecule has 3 aliphatic rings. The number of hydrogen-bond acceptors (Lipinski definition) is 4. The second kappa shape index (κ2) is 8.56. The van der Waals surface area contributed by atoms with Crippen molar-refractivity contribution in [3.05, 3.63) is 71.3 Å². The molecule has 1 heterocycles. The van der Waals surface area contributed by atoms with Crippen molar-refractivity contribution in [2.24, 2.45) is 11.8 Å². The zero-order chi connectivity index (χ0) is 23.2. The van der Waals surface area contributed by atoms with Crippen LogP contribution < -0.4 is 0 Å². The first-order valence-electron chi connectivity index (χ1n) is 12.6. The molecule has 4 nitrogen and oxygen atoms in total. The molecule has 2 aromatic carbocycles. The predicted octanol–water partition coefficient (Wildman–Crippen LogP) is 6.60. The van der Waals surface area contributed by atoms with Gasteiger partial charge in [-0.25, -0.2) is 4.79 Å². The number of rotatable bonds is 4. The van der Waals surface area contributed by atoms with E-state index in [4.69, 9.17) is 9.57 Å². The summed E-state index contributed by atoms with van der Waals surface area (Å²) in [4.78, 5) is 19.9. The van der Waals surface area contributed by atoms with Gasteiger partial charge in [0.1, 0.15) is 12.2 Å². The van der Waals surface area contributed by atoms with Crippen molar-refractivity contribution in [1.29, 1.82) is 0 Å². The summed E-state index contributed by atoms with van der Waals surface area (Å²) in [5, 5.41) is 2.18. The molecule has 2 saturated carbocycles. The van der Waals surface area contributed by atoms with Crippen molar-refractivity contribution < 1.29 is 14.4 Å². The molecule has 0 unspecified atom stereocenters. The number of ether oxygens (including phenoxy) is 1. The molecule has 5 rings (SSSR count). The average Bonchev–Trinajstić information content (AvgIpc) is 2.97. The normalized spacial score (nSPS) is 30.3. The van der Waals surface area contributed by atoms with Crippen LogP contribution in [0.2, 0.25) is 0 Å². The lowest BCUT2D eigenvalue weighted by Crippen LogP contribution is -2.52. The Kier molecular flexibility index (Phi) is 5.86. The van der Waals surface area contributed by atoms with Crippen molar-refractivity contribution in [2.45, 2.75) is 89.5 Å². The van der Waals surface area contributed by atoms with Crippen LogP contribution >= 0.6 is 0 Å². The topological polar surface area (TPSA) is 38.8 Å². The number of fused-ring (bicyclic) bond motifs is 2. The van der Waals surface area contributed by atoms with Gasteiger partial charge in [-0.05, 0) is 75.6 Å². The Hall–Kier alpha value is -2.17. The third-order valence-electron chi connectivity index (χ3n) is 8.32. The van der Waals surface area contributed by atoms with Crippen LogP contribution in [0.15, 0.2) is 54.6 Å². The molecule has 0 amide bonds. The first-order valence-corrected chi connectivity index (χ1v) is 12.6. The summed E-state index contributed by atoms with van der Waals surface area (Å²) in [5.41, 5.74) is 2.68. The Balaban J connectivity index is 1.42. The summed E-state index contributed by atoms with van der Waals surface area (Å²) in [6.07, 6.45) is 6.57. The maximum Gasteiger partial charge on any atom is 0.338 e. The molecular weight excluding hydrogens is 410 g/mol. The minimum atomic E-state index is -0.266. The molecule has 0 bridgehead atoms. The Labute approximate surface area is 198 Å². The van der Waals surface area contributed by atoms with E-state index in [1.807, 2.05) is 30.3 Å². The van der Waals surface area contributed by atoms with E-state index >= 15 is 0 Å². The Morgan fingerprint density at radius 3 is 1.88 bits per heavy atom. The fourth-order valence-corrected chi connectivity index (χ4v) is 6.69. The minimum absolute atomic E-state index is 0.134. The molecule has 0 saturated heterocycles. The van der Waals surface area contributed by atoms with Gasteiger partial charge in [0.25, 0.3) is 0 Å². The van der Waals surface area contributed by atoms with Crippen LogP contribution in [0.4, 0.5) is 0 Å². The Morgan fingerprint density at radius 2 is 1.30 bits per heavy atom. The quantitative estimate of drug-likeness (QED) is 0.495. The zero-order valence-electron chi connectivity index (χ0n) is 20.4. The predicted molar refractivity (Wildman–Crippen MR) is 130 cm³/mol. The van der Waals surface area contributed by atoms with Crippen LogP contribution in [0.3, 0.4) is 0 Å². The van der Waals surface area contributed by atoms with Gasteiger partial charge in [0.05, 0.1) is 16.6 Å². The summed E-state index contributed by atoms with van der Waals surface area (Å²) < 4.78 is 6.17. The molecule has 0 aromatic heterocycles. The van der Waals surface area contributed by atoms with Gasteiger partial charge in [-0.2, -0.15) is 5.06 Å². The number of carbonyl (C=O) groups is 1. The molecule has 2 fully saturated rings. The summed E-state index contributed by atoms with van der Waals surface area (Å²) in [5.74, 6) is 1.04. The average molecular weight is 448 g/mol. The highest BCUT2D eigenvalue weighted by molar-refractivity contribution is 5.89. The fourth-order valence-electron chi connectivity index (χ4n) is 6.69. The summed E-state index contributed by atoms with van der Waals surface area (Å²) in [6, 6.07) is 18.0. The van der Waals surface area contributed by atoms with Gasteiger partial charge in [0, 0.05) is 0 Å². The van der Waals surface area contributed by atoms with Gasteiger partial charge in [-0.1, -0.05) is 68.1 Å². The van der Waals surface area contributed by atoms with Gasteiger partial charge in [-0.15, -0.1) is 0 Å². The number of esters is 1. The third-order valence-corrected chi connectivity index (χ3v) is 8.32. The molecule has 2 aliphatic carbocycles. The van der Waals surface area contributed by atoms with Crippen LogP contribution in [0.1, 0.15) is 87.7 Å². The first-order chi connectivity index (χ1) is 15.8. The lowest BCUT2D eigenvalue weighted by molar-refractivity contribution is -0.310. The lowest BCUT2D eigenvalue weighted by atomic mass is 9.69. The Morgan fingerprint density at radius 1 is 0.788 bits per heavy atom. The second-order valence-electron chi connectivity index (χ2n) is 11.2. The smallest absolute Gasteiger partial charge is 0.338 e. The van der Waals surface area contributed by atoms with Gasteiger partial charge in [0.15, 0.2) is 0 Å². The highest BCUT2D eigenvalue weighted by Crippen LogP contribution is 2.51. The largest absolute Gasteiger partial charge is 0.456 e. The number of carbonyl (C=O) groups excluding carboxylic acids is 1. The van der Waals surface area contributed by atoms with Gasteiger partial charge in [0.2, 0.25) is 0 Å². The maximum absolute atomic E-state index is 13.0. The molecule has 4 atom stereocenters. The monoisotopic (exact) mass is 447 g/mol. The van der Waals surface area contributed by atoms with Crippen molar-refractivity contribution in [2.75, 3.05) is 0 Å². The molecular formula is C29H37NO3. The number of benzene rings is 2. The van der Waals surface area contributed by atoms with Crippen LogP contribution in [-0.4, -0.2) is 23.2 Å². The zero-order valence-corrected chi connectivity index (χ0v) is 20.4. The van der Waals surface area contributed by atoms with Crippen LogP contribution in [0.25, 0.3) is 0 Å².